The molecule has 35 heavy (non-hydrogen) atoms. The molecule has 0 spiro atoms. The molecule has 2 aliphatic heterocycles. The number of hydrogen-bond donors (Lipinski definition) is 2. The highest BCUT2D eigenvalue weighted by atomic mass is 35.5. The molecule has 0 radical (unpaired) electrons. The summed E-state index contributed by atoms with van der Waals surface area (Å²) < 4.78 is 5.30. The highest BCUT2D eigenvalue weighted by Crippen LogP contribution is 2.40. The summed E-state index contributed by atoms with van der Waals surface area (Å²) in [4.78, 5) is 52.8. The fourth-order valence-corrected chi connectivity index (χ4v) is 6.37. The lowest BCUT2D eigenvalue weighted by molar-refractivity contribution is -0.150. The van der Waals surface area contributed by atoms with E-state index in [1.165, 1.54) is 30.4 Å². The molecule has 2 heterocycles. The predicted octanol–water partition coefficient (Wildman–Crippen LogP) is 2.45. The van der Waals surface area contributed by atoms with E-state index in [2.05, 4.69) is 10.3 Å². The topological polar surface area (TPSA) is 149 Å². The Morgan fingerprint density at radius 2 is 2.06 bits per heavy atom. The lowest BCUT2D eigenvalue weighted by atomic mass is 10.0. The molecule has 1 aromatic carbocycles. The van der Waals surface area contributed by atoms with Crippen molar-refractivity contribution >= 4 is 75.0 Å². The number of β-lactam (4-membered cyclic amide) rings is 1. The van der Waals surface area contributed by atoms with Crippen LogP contribution in [0.1, 0.15) is 12.5 Å². The normalized spacial score (nSPS) is 19.4. The van der Waals surface area contributed by atoms with Crippen molar-refractivity contribution in [2.75, 3.05) is 18.1 Å². The highest BCUT2D eigenvalue weighted by molar-refractivity contribution is 8.38. The first-order valence-electron chi connectivity index (χ1n) is 10.0. The molecule has 0 aromatic heterocycles. The van der Waals surface area contributed by atoms with E-state index in [0.717, 1.165) is 22.2 Å². The number of carbonyl (C=O) groups excluding carboxylic acids is 3. The van der Waals surface area contributed by atoms with Gasteiger partial charge in [-0.2, -0.15) is 10.3 Å². The molecule has 0 bridgehead atoms. The number of nitriles is 1. The van der Waals surface area contributed by atoms with E-state index in [0.29, 0.717) is 20.7 Å². The van der Waals surface area contributed by atoms with Crippen LogP contribution in [0.25, 0.3) is 0 Å². The van der Waals surface area contributed by atoms with Crippen molar-refractivity contribution in [2.24, 2.45) is 4.99 Å². The predicted molar refractivity (Wildman–Crippen MR) is 135 cm³/mol. The van der Waals surface area contributed by atoms with Gasteiger partial charge in [0, 0.05) is 29.0 Å². The number of aliphatic carboxylic acids is 1. The van der Waals surface area contributed by atoms with Crippen molar-refractivity contribution in [3.63, 3.8) is 0 Å². The van der Waals surface area contributed by atoms with E-state index in [9.17, 15) is 24.3 Å². The fraction of sp³-hybridized carbons (Fsp3) is 0.333. The number of rotatable bonds is 8. The van der Waals surface area contributed by atoms with Gasteiger partial charge in [-0.3, -0.25) is 19.3 Å². The molecule has 2 aliphatic rings. The number of nitrogens with zero attached hydrogens (tertiary/aromatic N) is 3. The quantitative estimate of drug-likeness (QED) is 0.161. The third-order valence-corrected chi connectivity index (χ3v) is 8.62. The molecule has 2 amide bonds. The Kier molecular flexibility index (Phi) is 9.50. The standard InChI is InChI=1S/C21H19ClN4O6S3/c1-11(27)32-6-13-8-33-19-16(18(29)26(19)17(13)20(30)31)25-15(28)9-35-21(24-10-23)34-7-12-2-4-14(22)5-3-12/h2-5,16,19H,6-9H2,1H3,(H,25,28)(H,30,31)/t16-,19-/m1/s1. The first-order chi connectivity index (χ1) is 16.7. The minimum Gasteiger partial charge on any atom is -0.477 e. The summed E-state index contributed by atoms with van der Waals surface area (Å²) in [5, 5.41) is 21.2. The summed E-state index contributed by atoms with van der Waals surface area (Å²) in [6.45, 7) is 0.990. The van der Waals surface area contributed by atoms with E-state index >= 15 is 0 Å². The molecule has 184 valence electrons. The van der Waals surface area contributed by atoms with Crippen LogP contribution in [0.15, 0.2) is 40.5 Å². The van der Waals surface area contributed by atoms with Gasteiger partial charge in [-0.05, 0) is 17.7 Å². The summed E-state index contributed by atoms with van der Waals surface area (Å²) in [5.74, 6) is -2.17. The number of carboxylic acid groups (broad SMARTS) is 1. The van der Waals surface area contributed by atoms with Crippen LogP contribution in [-0.4, -0.2) is 67.7 Å². The highest BCUT2D eigenvalue weighted by Gasteiger charge is 2.54. The number of carboxylic acids is 1. The molecule has 2 N–H and O–H groups in total. The number of hydrogen-bond acceptors (Lipinski definition) is 10. The van der Waals surface area contributed by atoms with Gasteiger partial charge >= 0.3 is 11.9 Å². The largest absolute Gasteiger partial charge is 0.477 e. The van der Waals surface area contributed by atoms with Crippen molar-refractivity contribution in [3.05, 3.63) is 46.1 Å². The van der Waals surface area contributed by atoms with Crippen molar-refractivity contribution < 1.29 is 29.0 Å². The van der Waals surface area contributed by atoms with Crippen molar-refractivity contribution in [3.8, 4) is 6.19 Å². The van der Waals surface area contributed by atoms with Crippen LogP contribution in [0.2, 0.25) is 5.02 Å². The van der Waals surface area contributed by atoms with Crippen LogP contribution >= 0.6 is 46.9 Å². The Bertz CT molecular complexity index is 1130. The minimum absolute atomic E-state index is 0.0748. The number of aliphatic imine (C=N–C) groups is 1. The van der Waals surface area contributed by atoms with E-state index in [1.807, 2.05) is 12.1 Å². The molecular formula is C21H19ClN4O6S3. The summed E-state index contributed by atoms with van der Waals surface area (Å²) in [7, 11) is 0. The third-order valence-electron chi connectivity index (χ3n) is 4.76. The van der Waals surface area contributed by atoms with E-state index < -0.39 is 35.2 Å². The number of esters is 1. The summed E-state index contributed by atoms with van der Waals surface area (Å²) in [6, 6.07) is 6.33. The van der Waals surface area contributed by atoms with Crippen LogP contribution in [0.3, 0.4) is 0 Å². The number of benzene rings is 1. The number of thioether (sulfide) groups is 3. The number of fused-ring (bicyclic) bond motifs is 1. The molecule has 0 aliphatic carbocycles. The van der Waals surface area contributed by atoms with Crippen LogP contribution in [0.5, 0.6) is 0 Å². The zero-order chi connectivity index (χ0) is 25.5. The van der Waals surface area contributed by atoms with Crippen molar-refractivity contribution in [1.29, 1.82) is 5.26 Å². The number of ether oxygens (including phenoxy) is 1. The second kappa shape index (κ2) is 12.3. The Labute approximate surface area is 218 Å². The fourth-order valence-electron chi connectivity index (χ4n) is 3.20. The van der Waals surface area contributed by atoms with Gasteiger partial charge in [-0.25, -0.2) is 4.79 Å². The second-order valence-electron chi connectivity index (χ2n) is 7.17. The molecule has 0 saturated carbocycles. The van der Waals surface area contributed by atoms with Crippen LogP contribution < -0.4 is 5.32 Å². The van der Waals surface area contributed by atoms with Gasteiger partial charge in [0.15, 0.2) is 0 Å². The molecule has 0 unspecified atom stereocenters. The number of amides is 2. The van der Waals surface area contributed by atoms with E-state index in [-0.39, 0.29) is 23.8 Å². The maximum Gasteiger partial charge on any atom is 0.352 e. The third kappa shape index (κ3) is 6.94. The van der Waals surface area contributed by atoms with Gasteiger partial charge < -0.3 is 15.2 Å². The number of nitrogens with one attached hydrogen (secondary N) is 1. The Balaban J connectivity index is 1.55. The second-order valence-corrected chi connectivity index (χ2v) is 10.9. The number of halogens is 1. The zero-order valence-electron chi connectivity index (χ0n) is 18.2. The van der Waals surface area contributed by atoms with Gasteiger partial charge in [0.1, 0.15) is 28.1 Å². The Hall–Kier alpha value is -2.66. The average molecular weight is 555 g/mol. The van der Waals surface area contributed by atoms with Crippen LogP contribution in [0, 0.1) is 11.5 Å². The molecular weight excluding hydrogens is 536 g/mol. The van der Waals surface area contributed by atoms with Gasteiger partial charge in [-0.15, -0.1) is 11.8 Å². The molecule has 3 rings (SSSR count). The van der Waals surface area contributed by atoms with Crippen LogP contribution in [0.4, 0.5) is 0 Å². The number of carbonyl (C=O) groups is 4. The van der Waals surface area contributed by atoms with Crippen molar-refractivity contribution in [1.82, 2.24) is 10.2 Å². The average Bonchev–Trinajstić information content (AvgIpc) is 2.83. The van der Waals surface area contributed by atoms with Crippen molar-refractivity contribution in [2.45, 2.75) is 24.1 Å². The lowest BCUT2D eigenvalue weighted by Crippen LogP contribution is -2.70. The Morgan fingerprint density at radius 3 is 2.69 bits per heavy atom. The SMILES string of the molecule is CC(=O)OCC1=C(C(=O)O)N2C(=O)[C@@H](NC(=O)CSC(=NC#N)SCc3ccc(Cl)cc3)[C@H]2SC1. The molecule has 10 nitrogen and oxygen atoms in total. The first kappa shape index (κ1) is 26.9. The van der Waals surface area contributed by atoms with Gasteiger partial charge in [0.05, 0.1) is 5.75 Å². The van der Waals surface area contributed by atoms with Crippen LogP contribution in [-0.2, 0) is 29.7 Å². The first-order valence-corrected chi connectivity index (χ1v) is 13.4. The maximum absolute atomic E-state index is 12.7. The molecule has 1 aromatic rings. The zero-order valence-corrected chi connectivity index (χ0v) is 21.4. The summed E-state index contributed by atoms with van der Waals surface area (Å²) in [5.41, 5.74) is 1.07. The maximum atomic E-state index is 12.7. The molecule has 1 saturated heterocycles. The molecule has 1 fully saturated rings. The molecule has 2 atom stereocenters. The lowest BCUT2D eigenvalue weighted by Gasteiger charge is -2.49. The van der Waals surface area contributed by atoms with Gasteiger partial charge in [0.25, 0.3) is 5.91 Å². The van der Waals surface area contributed by atoms with E-state index in [1.54, 1.807) is 18.3 Å². The smallest absolute Gasteiger partial charge is 0.352 e. The Morgan fingerprint density at radius 1 is 1.34 bits per heavy atom. The minimum atomic E-state index is -1.30. The summed E-state index contributed by atoms with van der Waals surface area (Å²) in [6.07, 6.45) is 1.72. The van der Waals surface area contributed by atoms with Gasteiger partial charge in [-0.1, -0.05) is 47.3 Å². The monoisotopic (exact) mass is 554 g/mol. The van der Waals surface area contributed by atoms with E-state index in [4.69, 9.17) is 21.6 Å². The summed E-state index contributed by atoms with van der Waals surface area (Å²) >= 11 is 9.52. The molecule has 14 heteroatoms. The van der Waals surface area contributed by atoms with Gasteiger partial charge in [0.2, 0.25) is 12.1 Å².